The van der Waals surface area contributed by atoms with Crippen molar-refractivity contribution in [1.82, 2.24) is 10.4 Å². The fourth-order valence-corrected chi connectivity index (χ4v) is 2.64. The van der Waals surface area contributed by atoms with E-state index >= 15 is 0 Å². The third-order valence-corrected chi connectivity index (χ3v) is 3.81. The van der Waals surface area contributed by atoms with Gasteiger partial charge in [0.15, 0.2) is 0 Å². The highest BCUT2D eigenvalue weighted by Gasteiger charge is 2.14. The third-order valence-electron chi connectivity index (χ3n) is 2.87. The van der Waals surface area contributed by atoms with Crippen molar-refractivity contribution in [1.29, 1.82) is 0 Å². The Labute approximate surface area is 111 Å². The first-order valence-electron chi connectivity index (χ1n) is 5.81. The number of hydrogen-bond acceptors (Lipinski definition) is 5. The second-order valence-electron chi connectivity index (χ2n) is 3.95. The summed E-state index contributed by atoms with van der Waals surface area (Å²) in [5.41, 5.74) is 3.90. The number of aryl methyl sites for hydroxylation is 1. The van der Waals surface area contributed by atoms with E-state index in [0.717, 1.165) is 24.2 Å². The molecule has 5 heteroatoms. The molecule has 2 rings (SSSR count). The van der Waals surface area contributed by atoms with Gasteiger partial charge >= 0.3 is 0 Å². The number of rotatable bonds is 6. The molecule has 3 N–H and O–H groups in total. The van der Waals surface area contributed by atoms with Gasteiger partial charge in [0.05, 0.1) is 19.3 Å². The van der Waals surface area contributed by atoms with Crippen LogP contribution in [0, 0.1) is 0 Å². The average Bonchev–Trinajstić information content (AvgIpc) is 2.93. The molecule has 2 heterocycles. The van der Waals surface area contributed by atoms with E-state index in [9.17, 15) is 0 Å². The summed E-state index contributed by atoms with van der Waals surface area (Å²) >= 11 is 1.77. The van der Waals surface area contributed by atoms with Crippen LogP contribution in [-0.4, -0.2) is 12.1 Å². The molecule has 0 aliphatic heterocycles. The highest BCUT2D eigenvalue weighted by Crippen LogP contribution is 2.27. The van der Waals surface area contributed by atoms with Crippen LogP contribution in [-0.2, 0) is 6.42 Å². The third kappa shape index (κ3) is 3.07. The lowest BCUT2D eigenvalue weighted by Gasteiger charge is -2.18. The Morgan fingerprint density at radius 3 is 3.06 bits per heavy atom. The molecule has 0 aliphatic rings. The fraction of sp³-hybridized carbons (Fsp3) is 0.308. The Morgan fingerprint density at radius 2 is 2.39 bits per heavy atom. The van der Waals surface area contributed by atoms with Crippen molar-refractivity contribution < 1.29 is 4.74 Å². The molecule has 1 atom stereocenters. The number of thiophene rings is 1. The standard InChI is InChI=1S/C13H17N3OS/c1-17-13-9-15-7-6-11(13)12(16-14)5-4-10-3-2-8-18-10/h2-3,6-9,12,16H,4-5,14H2,1H3. The Bertz CT molecular complexity index is 473. The summed E-state index contributed by atoms with van der Waals surface area (Å²) in [5, 5.41) is 2.09. The Hall–Kier alpha value is -1.43. The Morgan fingerprint density at radius 1 is 1.50 bits per heavy atom. The van der Waals surface area contributed by atoms with Crippen molar-refractivity contribution in [2.24, 2.45) is 5.84 Å². The highest BCUT2D eigenvalue weighted by atomic mass is 32.1. The van der Waals surface area contributed by atoms with Gasteiger partial charge in [0.2, 0.25) is 0 Å². The van der Waals surface area contributed by atoms with E-state index in [0.29, 0.717) is 0 Å². The predicted octanol–water partition coefficient (Wildman–Crippen LogP) is 2.29. The summed E-state index contributed by atoms with van der Waals surface area (Å²) in [6.07, 6.45) is 5.40. The van der Waals surface area contributed by atoms with E-state index in [1.165, 1.54) is 4.88 Å². The maximum Gasteiger partial charge on any atom is 0.141 e. The van der Waals surface area contributed by atoms with Gasteiger partial charge in [-0.1, -0.05) is 6.07 Å². The number of nitrogens with one attached hydrogen (secondary N) is 1. The van der Waals surface area contributed by atoms with Crippen molar-refractivity contribution in [3.8, 4) is 5.75 Å². The molecule has 0 spiro atoms. The van der Waals surface area contributed by atoms with Crippen LogP contribution in [0.25, 0.3) is 0 Å². The molecule has 0 fully saturated rings. The van der Waals surface area contributed by atoms with Crippen LogP contribution >= 0.6 is 11.3 Å². The Kier molecular flexibility index (Phi) is 4.69. The summed E-state index contributed by atoms with van der Waals surface area (Å²) in [4.78, 5) is 5.42. The first kappa shape index (κ1) is 13.0. The maximum absolute atomic E-state index is 5.65. The first-order chi connectivity index (χ1) is 8.85. The number of ether oxygens (including phenoxy) is 1. The molecule has 4 nitrogen and oxygen atoms in total. The average molecular weight is 263 g/mol. The molecule has 0 saturated carbocycles. The van der Waals surface area contributed by atoms with Crippen molar-refractivity contribution in [2.75, 3.05) is 7.11 Å². The topological polar surface area (TPSA) is 60.2 Å². The van der Waals surface area contributed by atoms with Gasteiger partial charge in [-0.05, 0) is 30.4 Å². The SMILES string of the molecule is COc1cnccc1C(CCc1cccs1)NN. The van der Waals surface area contributed by atoms with Crippen molar-refractivity contribution in [2.45, 2.75) is 18.9 Å². The molecule has 1 unspecified atom stereocenters. The molecule has 0 bridgehead atoms. The molecular formula is C13H17N3OS. The van der Waals surface area contributed by atoms with E-state index in [2.05, 4.69) is 27.9 Å². The smallest absolute Gasteiger partial charge is 0.141 e. The lowest BCUT2D eigenvalue weighted by atomic mass is 10.0. The number of nitrogens with two attached hydrogens (primary N) is 1. The van der Waals surface area contributed by atoms with E-state index in [-0.39, 0.29) is 6.04 Å². The van der Waals surface area contributed by atoms with Gasteiger partial charge in [-0.3, -0.25) is 16.3 Å². The van der Waals surface area contributed by atoms with Crippen LogP contribution in [0.3, 0.4) is 0 Å². The quantitative estimate of drug-likeness (QED) is 0.620. The van der Waals surface area contributed by atoms with Gasteiger partial charge in [0.1, 0.15) is 5.75 Å². The summed E-state index contributed by atoms with van der Waals surface area (Å²) in [7, 11) is 1.65. The van der Waals surface area contributed by atoms with Gasteiger partial charge in [-0.15, -0.1) is 11.3 Å². The largest absolute Gasteiger partial charge is 0.495 e. The van der Waals surface area contributed by atoms with Crippen LogP contribution in [0.5, 0.6) is 5.75 Å². The van der Waals surface area contributed by atoms with Gasteiger partial charge in [0, 0.05) is 16.6 Å². The van der Waals surface area contributed by atoms with Crippen LogP contribution in [0.2, 0.25) is 0 Å². The lowest BCUT2D eigenvalue weighted by molar-refractivity contribution is 0.394. The summed E-state index contributed by atoms with van der Waals surface area (Å²) in [6, 6.07) is 6.22. The summed E-state index contributed by atoms with van der Waals surface area (Å²) < 4.78 is 5.31. The zero-order chi connectivity index (χ0) is 12.8. The molecule has 0 saturated heterocycles. The molecule has 18 heavy (non-hydrogen) atoms. The monoisotopic (exact) mass is 263 g/mol. The van der Waals surface area contributed by atoms with Crippen LogP contribution in [0.1, 0.15) is 22.9 Å². The number of pyridine rings is 1. The minimum atomic E-state index is 0.0741. The van der Waals surface area contributed by atoms with E-state index in [1.807, 2.05) is 6.07 Å². The second-order valence-corrected chi connectivity index (χ2v) is 4.99. The zero-order valence-electron chi connectivity index (χ0n) is 10.3. The molecule has 96 valence electrons. The fourth-order valence-electron chi connectivity index (χ4n) is 1.92. The minimum absolute atomic E-state index is 0.0741. The minimum Gasteiger partial charge on any atom is -0.495 e. The van der Waals surface area contributed by atoms with Crippen LogP contribution in [0.15, 0.2) is 36.0 Å². The summed E-state index contributed by atoms with van der Waals surface area (Å²) in [6.45, 7) is 0. The molecule has 0 amide bonds. The van der Waals surface area contributed by atoms with Crippen molar-refractivity contribution in [3.63, 3.8) is 0 Å². The highest BCUT2D eigenvalue weighted by molar-refractivity contribution is 7.09. The maximum atomic E-state index is 5.65. The number of methoxy groups -OCH3 is 1. The van der Waals surface area contributed by atoms with Gasteiger partial charge in [-0.2, -0.15) is 0 Å². The van der Waals surface area contributed by atoms with E-state index in [4.69, 9.17) is 10.6 Å². The van der Waals surface area contributed by atoms with E-state index in [1.54, 1.807) is 30.8 Å². The molecule has 0 radical (unpaired) electrons. The first-order valence-corrected chi connectivity index (χ1v) is 6.69. The Balaban J connectivity index is 2.08. The van der Waals surface area contributed by atoms with Gasteiger partial charge in [-0.25, -0.2) is 0 Å². The van der Waals surface area contributed by atoms with Gasteiger partial charge in [0.25, 0.3) is 0 Å². The summed E-state index contributed by atoms with van der Waals surface area (Å²) in [5.74, 6) is 6.42. The number of hydrogen-bond donors (Lipinski definition) is 2. The number of hydrazine groups is 1. The second kappa shape index (κ2) is 6.49. The molecule has 2 aromatic heterocycles. The molecular weight excluding hydrogens is 246 g/mol. The molecule has 0 aromatic carbocycles. The molecule has 2 aromatic rings. The predicted molar refractivity (Wildman–Crippen MR) is 73.5 cm³/mol. The van der Waals surface area contributed by atoms with Gasteiger partial charge < -0.3 is 4.74 Å². The van der Waals surface area contributed by atoms with Crippen LogP contribution < -0.4 is 16.0 Å². The number of nitrogens with zero attached hydrogens (tertiary/aromatic N) is 1. The molecule has 0 aliphatic carbocycles. The normalized spacial score (nSPS) is 12.3. The van der Waals surface area contributed by atoms with E-state index < -0.39 is 0 Å². The number of aromatic nitrogens is 1. The zero-order valence-corrected chi connectivity index (χ0v) is 11.1. The van der Waals surface area contributed by atoms with Crippen molar-refractivity contribution in [3.05, 3.63) is 46.4 Å². The lowest BCUT2D eigenvalue weighted by Crippen LogP contribution is -2.28. The van der Waals surface area contributed by atoms with Crippen molar-refractivity contribution >= 4 is 11.3 Å². The van der Waals surface area contributed by atoms with Crippen LogP contribution in [0.4, 0.5) is 0 Å².